The van der Waals surface area contributed by atoms with Crippen LogP contribution >= 0.6 is 0 Å². The first-order valence-corrected chi connectivity index (χ1v) is 8.15. The minimum absolute atomic E-state index is 0.273. The van der Waals surface area contributed by atoms with Crippen LogP contribution in [0.15, 0.2) is 18.2 Å². The quantitative estimate of drug-likeness (QED) is 0.780. The van der Waals surface area contributed by atoms with Gasteiger partial charge in [-0.1, -0.05) is 6.07 Å². The van der Waals surface area contributed by atoms with E-state index in [0.717, 1.165) is 43.1 Å². The molecule has 0 saturated carbocycles. The van der Waals surface area contributed by atoms with Gasteiger partial charge in [0.1, 0.15) is 0 Å². The fourth-order valence-corrected chi connectivity index (χ4v) is 2.97. The molecule has 0 radical (unpaired) electrons. The van der Waals surface area contributed by atoms with Crippen molar-refractivity contribution in [2.75, 3.05) is 40.1 Å². The third kappa shape index (κ3) is 4.81. The largest absolute Gasteiger partial charge is 0.454 e. The predicted octanol–water partition coefficient (Wildman–Crippen LogP) is 1.40. The van der Waals surface area contributed by atoms with Crippen molar-refractivity contribution in [1.82, 2.24) is 4.90 Å². The topological polar surface area (TPSA) is 60.4 Å². The van der Waals surface area contributed by atoms with Crippen molar-refractivity contribution >= 4 is 0 Å². The number of fused-ring (bicyclic) bond motifs is 1. The van der Waals surface area contributed by atoms with Crippen molar-refractivity contribution in [2.45, 2.75) is 31.7 Å². The van der Waals surface area contributed by atoms with E-state index in [2.05, 4.69) is 4.90 Å². The zero-order chi connectivity index (χ0) is 16.1. The number of benzene rings is 1. The van der Waals surface area contributed by atoms with Crippen LogP contribution in [0.5, 0.6) is 11.5 Å². The van der Waals surface area contributed by atoms with Crippen molar-refractivity contribution in [3.63, 3.8) is 0 Å². The Balaban J connectivity index is 1.34. The summed E-state index contributed by atoms with van der Waals surface area (Å²) in [5, 5.41) is 10.1. The molecule has 1 saturated heterocycles. The molecule has 1 aromatic carbocycles. The number of hydrogen-bond donors (Lipinski definition) is 1. The van der Waals surface area contributed by atoms with Crippen molar-refractivity contribution in [3.8, 4) is 11.5 Å². The lowest BCUT2D eigenvalue weighted by Gasteiger charge is -2.23. The van der Waals surface area contributed by atoms with Crippen LogP contribution in [0.2, 0.25) is 0 Å². The molecule has 128 valence electrons. The van der Waals surface area contributed by atoms with Gasteiger partial charge in [-0.15, -0.1) is 0 Å². The summed E-state index contributed by atoms with van der Waals surface area (Å²) in [5.41, 5.74) is 1.01. The van der Waals surface area contributed by atoms with Crippen LogP contribution in [-0.4, -0.2) is 62.4 Å². The molecular weight excluding hydrogens is 298 g/mol. The van der Waals surface area contributed by atoms with Crippen molar-refractivity contribution in [2.24, 2.45) is 0 Å². The summed E-state index contributed by atoms with van der Waals surface area (Å²) < 4.78 is 21.8. The van der Waals surface area contributed by atoms with Gasteiger partial charge in [-0.3, -0.25) is 0 Å². The summed E-state index contributed by atoms with van der Waals surface area (Å²) in [6, 6.07) is 5.74. The maximum Gasteiger partial charge on any atom is 0.231 e. The highest BCUT2D eigenvalue weighted by atomic mass is 16.7. The zero-order valence-corrected chi connectivity index (χ0v) is 13.6. The molecule has 2 aliphatic heterocycles. The molecule has 23 heavy (non-hydrogen) atoms. The molecule has 0 aliphatic carbocycles. The average molecular weight is 323 g/mol. The highest BCUT2D eigenvalue weighted by molar-refractivity contribution is 5.44. The van der Waals surface area contributed by atoms with Gasteiger partial charge >= 0.3 is 0 Å². The van der Waals surface area contributed by atoms with Gasteiger partial charge in [0.2, 0.25) is 6.79 Å². The molecule has 0 spiro atoms. The second-order valence-corrected chi connectivity index (χ2v) is 6.21. The lowest BCUT2D eigenvalue weighted by molar-refractivity contribution is 0.00464. The first-order chi connectivity index (χ1) is 11.2. The molecule has 1 fully saturated rings. The summed E-state index contributed by atoms with van der Waals surface area (Å²) in [4.78, 5) is 2.10. The third-order valence-electron chi connectivity index (χ3n) is 4.08. The van der Waals surface area contributed by atoms with E-state index in [-0.39, 0.29) is 6.79 Å². The number of aliphatic hydroxyl groups excluding tert-OH is 1. The van der Waals surface area contributed by atoms with Crippen molar-refractivity contribution in [1.29, 1.82) is 0 Å². The van der Waals surface area contributed by atoms with Gasteiger partial charge in [0.15, 0.2) is 11.5 Å². The molecule has 2 aliphatic rings. The molecule has 3 rings (SSSR count). The Labute approximate surface area is 136 Å². The van der Waals surface area contributed by atoms with Crippen LogP contribution in [0.4, 0.5) is 0 Å². The van der Waals surface area contributed by atoms with E-state index in [1.165, 1.54) is 0 Å². The summed E-state index contributed by atoms with van der Waals surface area (Å²) in [7, 11) is 2.00. The van der Waals surface area contributed by atoms with Crippen LogP contribution in [0.3, 0.4) is 0 Å². The van der Waals surface area contributed by atoms with Gasteiger partial charge in [0.25, 0.3) is 0 Å². The number of hydrogen-bond acceptors (Lipinski definition) is 6. The molecule has 1 aromatic rings. The highest BCUT2D eigenvalue weighted by Crippen LogP contribution is 2.32. The van der Waals surface area contributed by atoms with Crippen LogP contribution in [0, 0.1) is 0 Å². The van der Waals surface area contributed by atoms with Gasteiger partial charge < -0.3 is 29.0 Å². The number of nitrogens with zero attached hydrogens (tertiary/aromatic N) is 1. The van der Waals surface area contributed by atoms with Gasteiger partial charge in [0, 0.05) is 19.7 Å². The lowest BCUT2D eigenvalue weighted by atomic mass is 10.2. The molecule has 0 amide bonds. The zero-order valence-electron chi connectivity index (χ0n) is 13.6. The van der Waals surface area contributed by atoms with Crippen LogP contribution in [-0.2, 0) is 16.1 Å². The van der Waals surface area contributed by atoms with Crippen LogP contribution in [0.25, 0.3) is 0 Å². The lowest BCUT2D eigenvalue weighted by Crippen LogP contribution is -2.36. The Kier molecular flexibility index (Phi) is 5.72. The molecule has 0 bridgehead atoms. The molecule has 2 atom stereocenters. The molecule has 1 N–H and O–H groups in total. The van der Waals surface area contributed by atoms with E-state index in [1.807, 2.05) is 25.2 Å². The van der Waals surface area contributed by atoms with E-state index in [4.69, 9.17) is 18.9 Å². The summed E-state index contributed by atoms with van der Waals surface area (Å²) in [6.07, 6.45) is 2.05. The highest BCUT2D eigenvalue weighted by Gasteiger charge is 2.19. The smallest absolute Gasteiger partial charge is 0.231 e. The normalized spacial score (nSPS) is 21.1. The first-order valence-electron chi connectivity index (χ1n) is 8.15. The Morgan fingerprint density at radius 2 is 2.22 bits per heavy atom. The number of aliphatic hydroxyl groups is 1. The minimum atomic E-state index is -0.504. The summed E-state index contributed by atoms with van der Waals surface area (Å²) in [6.45, 7) is 3.34. The fraction of sp³-hybridized carbons (Fsp3) is 0.647. The fourth-order valence-electron chi connectivity index (χ4n) is 2.97. The standard InChI is InChI=1S/C17H25NO5/c1-18(9-15-3-2-6-21-15)8-14(19)11-20-10-13-4-5-16-17(7-13)23-12-22-16/h4-5,7,14-15,19H,2-3,6,8-12H2,1H3/t14-,15-/m0/s1. The van der Waals surface area contributed by atoms with E-state index in [1.54, 1.807) is 0 Å². The van der Waals surface area contributed by atoms with Gasteiger partial charge in [-0.05, 0) is 37.6 Å². The number of likely N-dealkylation sites (N-methyl/N-ethyl adjacent to an activating group) is 1. The first kappa shape index (κ1) is 16.5. The van der Waals surface area contributed by atoms with Gasteiger partial charge in [-0.25, -0.2) is 0 Å². The van der Waals surface area contributed by atoms with Gasteiger partial charge in [-0.2, -0.15) is 0 Å². The predicted molar refractivity (Wildman–Crippen MR) is 84.7 cm³/mol. The Hall–Kier alpha value is -1.34. The van der Waals surface area contributed by atoms with E-state index < -0.39 is 6.10 Å². The summed E-state index contributed by atoms with van der Waals surface area (Å²) >= 11 is 0. The maximum absolute atomic E-state index is 10.1. The van der Waals surface area contributed by atoms with Crippen molar-refractivity contribution in [3.05, 3.63) is 23.8 Å². The Bertz CT molecular complexity index is 504. The molecule has 0 unspecified atom stereocenters. The number of ether oxygens (including phenoxy) is 4. The summed E-state index contributed by atoms with van der Waals surface area (Å²) in [5.74, 6) is 1.52. The molecule has 6 nitrogen and oxygen atoms in total. The molecule has 6 heteroatoms. The second kappa shape index (κ2) is 7.97. The van der Waals surface area contributed by atoms with Crippen molar-refractivity contribution < 1.29 is 24.1 Å². The molecule has 0 aromatic heterocycles. The second-order valence-electron chi connectivity index (χ2n) is 6.21. The van der Waals surface area contributed by atoms with Crippen LogP contribution < -0.4 is 9.47 Å². The maximum atomic E-state index is 10.1. The van der Waals surface area contributed by atoms with E-state index in [9.17, 15) is 5.11 Å². The average Bonchev–Trinajstić information content (AvgIpc) is 3.17. The monoisotopic (exact) mass is 323 g/mol. The van der Waals surface area contributed by atoms with Gasteiger partial charge in [0.05, 0.1) is 25.4 Å². The third-order valence-corrected chi connectivity index (χ3v) is 4.08. The van der Waals surface area contributed by atoms with E-state index in [0.29, 0.717) is 25.9 Å². The molecular formula is C17H25NO5. The SMILES string of the molecule is CN(C[C@H](O)COCc1ccc2c(c1)OCO2)C[C@@H]1CCCO1. The molecule has 2 heterocycles. The number of rotatable bonds is 8. The Morgan fingerprint density at radius 3 is 3.04 bits per heavy atom. The minimum Gasteiger partial charge on any atom is -0.454 e. The van der Waals surface area contributed by atoms with E-state index >= 15 is 0 Å². The Morgan fingerprint density at radius 1 is 1.35 bits per heavy atom. The van der Waals surface area contributed by atoms with Crippen LogP contribution in [0.1, 0.15) is 18.4 Å².